The highest BCUT2D eigenvalue weighted by atomic mass is 16.6. The smallest absolute Gasteiger partial charge is 0.407 e. The zero-order valence-corrected chi connectivity index (χ0v) is 19.0. The zero-order valence-electron chi connectivity index (χ0n) is 19.0. The topological polar surface area (TPSA) is 67.9 Å². The summed E-state index contributed by atoms with van der Waals surface area (Å²) in [6, 6.07) is 15.0. The van der Waals surface area contributed by atoms with Crippen LogP contribution in [-0.2, 0) is 22.5 Å². The lowest BCUT2D eigenvalue weighted by atomic mass is 10.1. The van der Waals surface area contributed by atoms with Crippen molar-refractivity contribution in [1.29, 1.82) is 0 Å². The van der Waals surface area contributed by atoms with E-state index in [9.17, 15) is 9.59 Å². The minimum Gasteiger partial charge on any atom is -0.457 e. The van der Waals surface area contributed by atoms with E-state index in [1.54, 1.807) is 6.08 Å². The SMILES string of the molecule is CN(C)C/C=C/C(=O)Cc1cccc(Oc2cccc(CNC(=O)OC(C)(C)C)c2)c1. The van der Waals surface area contributed by atoms with Crippen LogP contribution in [0.25, 0.3) is 0 Å². The number of amides is 1. The highest BCUT2D eigenvalue weighted by Gasteiger charge is 2.15. The third-order valence-electron chi connectivity index (χ3n) is 4.02. The Morgan fingerprint density at radius 1 is 1.00 bits per heavy atom. The van der Waals surface area contributed by atoms with Crippen molar-refractivity contribution in [3.63, 3.8) is 0 Å². The van der Waals surface area contributed by atoms with Gasteiger partial charge in [0.1, 0.15) is 17.1 Å². The van der Waals surface area contributed by atoms with E-state index in [2.05, 4.69) is 5.32 Å². The maximum Gasteiger partial charge on any atom is 0.407 e. The van der Waals surface area contributed by atoms with E-state index in [1.165, 1.54) is 0 Å². The van der Waals surface area contributed by atoms with Crippen molar-refractivity contribution in [3.8, 4) is 11.5 Å². The monoisotopic (exact) mass is 424 g/mol. The molecule has 0 aliphatic heterocycles. The van der Waals surface area contributed by atoms with E-state index in [-0.39, 0.29) is 5.78 Å². The molecule has 2 rings (SSSR count). The third-order valence-corrected chi connectivity index (χ3v) is 4.02. The minimum atomic E-state index is -0.538. The van der Waals surface area contributed by atoms with Gasteiger partial charge in [0.15, 0.2) is 5.78 Å². The van der Waals surface area contributed by atoms with Crippen LogP contribution in [0.15, 0.2) is 60.7 Å². The number of hydrogen-bond acceptors (Lipinski definition) is 5. The van der Waals surface area contributed by atoms with E-state index >= 15 is 0 Å². The zero-order chi connectivity index (χ0) is 22.9. The quantitative estimate of drug-likeness (QED) is 0.589. The number of allylic oxidation sites excluding steroid dienone is 1. The van der Waals surface area contributed by atoms with Crippen LogP contribution in [0.4, 0.5) is 4.79 Å². The van der Waals surface area contributed by atoms with Crippen LogP contribution in [0.5, 0.6) is 11.5 Å². The summed E-state index contributed by atoms with van der Waals surface area (Å²) >= 11 is 0. The van der Waals surface area contributed by atoms with Gasteiger partial charge in [0, 0.05) is 19.5 Å². The number of alkyl carbamates (subject to hydrolysis) is 1. The van der Waals surface area contributed by atoms with Gasteiger partial charge in [-0.2, -0.15) is 0 Å². The molecule has 1 amide bonds. The number of hydrogen-bond donors (Lipinski definition) is 1. The first-order chi connectivity index (χ1) is 14.6. The number of ketones is 1. The summed E-state index contributed by atoms with van der Waals surface area (Å²) in [5.74, 6) is 1.35. The summed E-state index contributed by atoms with van der Waals surface area (Å²) in [7, 11) is 3.91. The van der Waals surface area contributed by atoms with Crippen LogP contribution >= 0.6 is 0 Å². The second-order valence-corrected chi connectivity index (χ2v) is 8.56. The van der Waals surface area contributed by atoms with Crippen molar-refractivity contribution in [1.82, 2.24) is 10.2 Å². The summed E-state index contributed by atoms with van der Waals surface area (Å²) in [5.41, 5.74) is 1.24. The highest BCUT2D eigenvalue weighted by Crippen LogP contribution is 2.23. The Bertz CT molecular complexity index is 914. The molecule has 0 spiro atoms. The number of carbonyl (C=O) groups is 2. The van der Waals surface area contributed by atoms with E-state index in [1.807, 2.05) is 94.4 Å². The molecule has 0 aliphatic carbocycles. The first kappa shape index (κ1) is 24.2. The van der Waals surface area contributed by atoms with Crippen molar-refractivity contribution in [2.24, 2.45) is 0 Å². The molecule has 0 saturated carbocycles. The molecule has 0 aliphatic rings. The average Bonchev–Trinajstić information content (AvgIpc) is 2.65. The first-order valence-electron chi connectivity index (χ1n) is 10.3. The molecule has 0 bridgehead atoms. The Balaban J connectivity index is 1.95. The fourth-order valence-electron chi connectivity index (χ4n) is 2.72. The number of ether oxygens (including phenoxy) is 2. The molecule has 6 nitrogen and oxygen atoms in total. The molecule has 0 atom stereocenters. The van der Waals surface area contributed by atoms with Crippen LogP contribution in [0.1, 0.15) is 31.9 Å². The number of nitrogens with zero attached hydrogens (tertiary/aromatic N) is 1. The standard InChI is InChI=1S/C25H32N2O4/c1-25(2,3)31-24(29)26-18-20-10-7-13-23(17-20)30-22-12-6-9-19(16-22)15-21(28)11-8-14-27(4)5/h6-13,16-17H,14-15,18H2,1-5H3,(H,26,29)/b11-8+. The number of benzene rings is 2. The fraction of sp³-hybridized carbons (Fsp3) is 0.360. The molecule has 0 unspecified atom stereocenters. The van der Waals surface area contributed by atoms with Crippen molar-refractivity contribution in [2.75, 3.05) is 20.6 Å². The maximum absolute atomic E-state index is 12.1. The Morgan fingerprint density at radius 2 is 1.61 bits per heavy atom. The molecule has 166 valence electrons. The Morgan fingerprint density at radius 3 is 2.23 bits per heavy atom. The Hall–Kier alpha value is -3.12. The lowest BCUT2D eigenvalue weighted by Gasteiger charge is -2.19. The molecular formula is C25H32N2O4. The van der Waals surface area contributed by atoms with Crippen LogP contribution in [0, 0.1) is 0 Å². The van der Waals surface area contributed by atoms with Gasteiger partial charge in [-0.05, 0) is 76.3 Å². The summed E-state index contributed by atoms with van der Waals surface area (Å²) in [6.07, 6.45) is 3.34. The first-order valence-corrected chi connectivity index (χ1v) is 10.3. The Labute approximate surface area is 184 Å². The number of likely N-dealkylation sites (N-methyl/N-ethyl adjacent to an activating group) is 1. The molecule has 0 heterocycles. The largest absolute Gasteiger partial charge is 0.457 e. The van der Waals surface area contributed by atoms with Crippen molar-refractivity contribution in [3.05, 3.63) is 71.8 Å². The van der Waals surface area contributed by atoms with Gasteiger partial charge >= 0.3 is 6.09 Å². The predicted molar refractivity (Wildman–Crippen MR) is 122 cm³/mol. The van der Waals surface area contributed by atoms with Gasteiger partial charge in [0.05, 0.1) is 0 Å². The summed E-state index contributed by atoms with van der Waals surface area (Å²) in [5, 5.41) is 2.74. The van der Waals surface area contributed by atoms with E-state index < -0.39 is 11.7 Å². The van der Waals surface area contributed by atoms with E-state index in [4.69, 9.17) is 9.47 Å². The molecule has 0 aromatic heterocycles. The fourth-order valence-corrected chi connectivity index (χ4v) is 2.72. The van der Waals surface area contributed by atoms with Gasteiger partial charge in [-0.1, -0.05) is 30.3 Å². The second kappa shape index (κ2) is 11.3. The van der Waals surface area contributed by atoms with Crippen LogP contribution < -0.4 is 10.1 Å². The molecular weight excluding hydrogens is 392 g/mol. The summed E-state index contributed by atoms with van der Waals surface area (Å²) in [6.45, 7) is 6.53. The van der Waals surface area contributed by atoms with Gasteiger partial charge in [0.25, 0.3) is 0 Å². The molecule has 0 radical (unpaired) electrons. The maximum atomic E-state index is 12.1. The summed E-state index contributed by atoms with van der Waals surface area (Å²) in [4.78, 5) is 26.0. The molecule has 6 heteroatoms. The molecule has 2 aromatic rings. The molecule has 1 N–H and O–H groups in total. The number of carbonyl (C=O) groups excluding carboxylic acids is 2. The lowest BCUT2D eigenvalue weighted by molar-refractivity contribution is -0.114. The van der Waals surface area contributed by atoms with Crippen molar-refractivity contribution < 1.29 is 19.1 Å². The minimum absolute atomic E-state index is 0.0502. The molecule has 31 heavy (non-hydrogen) atoms. The van der Waals surface area contributed by atoms with Crippen LogP contribution in [0.2, 0.25) is 0 Å². The van der Waals surface area contributed by atoms with Crippen LogP contribution in [0.3, 0.4) is 0 Å². The Kier molecular flexibility index (Phi) is 8.82. The molecule has 0 saturated heterocycles. The lowest BCUT2D eigenvalue weighted by Crippen LogP contribution is -2.32. The number of rotatable bonds is 9. The average molecular weight is 425 g/mol. The normalized spacial score (nSPS) is 11.5. The van der Waals surface area contributed by atoms with E-state index in [0.29, 0.717) is 24.5 Å². The van der Waals surface area contributed by atoms with Gasteiger partial charge < -0.3 is 19.7 Å². The third kappa shape index (κ3) is 9.96. The van der Waals surface area contributed by atoms with Crippen LogP contribution in [-0.4, -0.2) is 43.0 Å². The molecule has 2 aromatic carbocycles. The van der Waals surface area contributed by atoms with Gasteiger partial charge in [-0.15, -0.1) is 0 Å². The van der Waals surface area contributed by atoms with Gasteiger partial charge in [-0.25, -0.2) is 4.79 Å². The van der Waals surface area contributed by atoms with Gasteiger partial charge in [-0.3, -0.25) is 4.79 Å². The van der Waals surface area contributed by atoms with Crippen molar-refractivity contribution in [2.45, 2.75) is 39.3 Å². The number of nitrogens with one attached hydrogen (secondary N) is 1. The predicted octanol–water partition coefficient (Wildman–Crippen LogP) is 4.73. The summed E-state index contributed by atoms with van der Waals surface area (Å²) < 4.78 is 11.2. The highest BCUT2D eigenvalue weighted by molar-refractivity contribution is 5.91. The van der Waals surface area contributed by atoms with Crippen molar-refractivity contribution >= 4 is 11.9 Å². The second-order valence-electron chi connectivity index (χ2n) is 8.56. The van der Waals surface area contributed by atoms with E-state index in [0.717, 1.165) is 17.7 Å². The molecule has 0 fully saturated rings. The van der Waals surface area contributed by atoms with Gasteiger partial charge in [0.2, 0.25) is 0 Å².